The number of hydrogen-bond acceptors (Lipinski definition) is 4. The standard InChI is InChI=1S/C11H22N4O2/c1-3-9(10(12)14-17)11(16)13-8-5-4-6-15(2)7-8/h8-9,17H,3-7H2,1-2H3,(H2,12,14)(H,13,16). The SMILES string of the molecule is CCC(C(=O)NC1CCCN(C)C1)C(N)=NO. The molecule has 6 nitrogen and oxygen atoms in total. The molecule has 6 heteroatoms. The average Bonchev–Trinajstić information content (AvgIpc) is 2.29. The van der Waals surface area contributed by atoms with E-state index in [1.807, 2.05) is 14.0 Å². The van der Waals surface area contributed by atoms with Gasteiger partial charge >= 0.3 is 0 Å². The Labute approximate surface area is 102 Å². The van der Waals surface area contributed by atoms with Crippen LogP contribution in [-0.4, -0.2) is 48.0 Å². The van der Waals surface area contributed by atoms with E-state index in [2.05, 4.69) is 15.4 Å². The maximum atomic E-state index is 11.9. The Morgan fingerprint density at radius 3 is 2.94 bits per heavy atom. The number of rotatable bonds is 4. The van der Waals surface area contributed by atoms with E-state index >= 15 is 0 Å². The molecular formula is C11H22N4O2. The minimum absolute atomic E-state index is 0.0193. The first-order valence-electron chi connectivity index (χ1n) is 6.04. The van der Waals surface area contributed by atoms with E-state index in [0.29, 0.717) is 6.42 Å². The van der Waals surface area contributed by atoms with Crippen molar-refractivity contribution in [3.8, 4) is 0 Å². The van der Waals surface area contributed by atoms with E-state index in [0.717, 1.165) is 25.9 Å². The van der Waals surface area contributed by atoms with E-state index in [1.54, 1.807) is 0 Å². The van der Waals surface area contributed by atoms with Crippen molar-refractivity contribution < 1.29 is 10.0 Å². The zero-order chi connectivity index (χ0) is 12.8. The van der Waals surface area contributed by atoms with Crippen LogP contribution in [0, 0.1) is 5.92 Å². The number of amidine groups is 1. The molecule has 0 aromatic rings. The van der Waals surface area contributed by atoms with Crippen molar-refractivity contribution in [3.63, 3.8) is 0 Å². The summed E-state index contributed by atoms with van der Waals surface area (Å²) in [6.45, 7) is 3.78. The van der Waals surface area contributed by atoms with Gasteiger partial charge in [-0.2, -0.15) is 0 Å². The first-order chi connectivity index (χ1) is 8.08. The molecule has 2 unspecified atom stereocenters. The summed E-state index contributed by atoms with van der Waals surface area (Å²) in [4.78, 5) is 14.1. The summed E-state index contributed by atoms with van der Waals surface area (Å²) in [5.41, 5.74) is 5.49. The van der Waals surface area contributed by atoms with Crippen LogP contribution in [-0.2, 0) is 4.79 Å². The van der Waals surface area contributed by atoms with Gasteiger partial charge in [-0.3, -0.25) is 4.79 Å². The molecule has 1 aliphatic rings. The van der Waals surface area contributed by atoms with Gasteiger partial charge in [-0.05, 0) is 32.9 Å². The van der Waals surface area contributed by atoms with Crippen LogP contribution in [0.1, 0.15) is 26.2 Å². The number of hydrogen-bond donors (Lipinski definition) is 3. The van der Waals surface area contributed by atoms with Crippen LogP contribution in [0.15, 0.2) is 5.16 Å². The Kier molecular flexibility index (Phi) is 5.21. The first kappa shape index (κ1) is 13.8. The molecule has 0 saturated carbocycles. The number of piperidine rings is 1. The summed E-state index contributed by atoms with van der Waals surface area (Å²) in [6.07, 6.45) is 2.61. The van der Waals surface area contributed by atoms with Crippen molar-refractivity contribution in [1.82, 2.24) is 10.2 Å². The highest BCUT2D eigenvalue weighted by molar-refractivity contribution is 6.02. The van der Waals surface area contributed by atoms with Gasteiger partial charge in [-0.1, -0.05) is 12.1 Å². The Bertz CT molecular complexity index is 293. The fourth-order valence-corrected chi connectivity index (χ4v) is 2.18. The second kappa shape index (κ2) is 6.44. The molecule has 4 N–H and O–H groups in total. The molecule has 1 rings (SSSR count). The molecule has 0 aromatic heterocycles. The Morgan fingerprint density at radius 2 is 2.41 bits per heavy atom. The van der Waals surface area contributed by atoms with Crippen LogP contribution < -0.4 is 11.1 Å². The third-order valence-electron chi connectivity index (χ3n) is 3.17. The van der Waals surface area contributed by atoms with Crippen LogP contribution in [0.5, 0.6) is 0 Å². The third kappa shape index (κ3) is 3.89. The van der Waals surface area contributed by atoms with E-state index in [-0.39, 0.29) is 17.8 Å². The lowest BCUT2D eigenvalue weighted by Crippen LogP contribution is -2.49. The molecule has 0 bridgehead atoms. The van der Waals surface area contributed by atoms with Crippen molar-refractivity contribution in [2.24, 2.45) is 16.8 Å². The molecule has 0 aromatic carbocycles. The zero-order valence-electron chi connectivity index (χ0n) is 10.5. The lowest BCUT2D eigenvalue weighted by atomic mass is 10.0. The molecule has 0 spiro atoms. The number of amides is 1. The lowest BCUT2D eigenvalue weighted by molar-refractivity contribution is -0.124. The maximum Gasteiger partial charge on any atom is 0.231 e. The number of oxime groups is 1. The van der Waals surface area contributed by atoms with Crippen molar-refractivity contribution in [2.45, 2.75) is 32.2 Å². The molecule has 0 aliphatic carbocycles. The predicted molar refractivity (Wildman–Crippen MR) is 65.9 cm³/mol. The number of carbonyl (C=O) groups is 1. The fourth-order valence-electron chi connectivity index (χ4n) is 2.18. The van der Waals surface area contributed by atoms with Crippen LogP contribution in [0.3, 0.4) is 0 Å². The summed E-state index contributed by atoms with van der Waals surface area (Å²) in [5.74, 6) is -0.704. The van der Waals surface area contributed by atoms with Crippen molar-refractivity contribution in [3.05, 3.63) is 0 Å². The van der Waals surface area contributed by atoms with E-state index in [9.17, 15) is 4.79 Å². The first-order valence-corrected chi connectivity index (χ1v) is 6.04. The third-order valence-corrected chi connectivity index (χ3v) is 3.17. The van der Waals surface area contributed by atoms with Gasteiger partial charge in [0.25, 0.3) is 0 Å². The highest BCUT2D eigenvalue weighted by Gasteiger charge is 2.25. The monoisotopic (exact) mass is 242 g/mol. The molecule has 1 amide bonds. The van der Waals surface area contributed by atoms with Crippen LogP contribution in [0.2, 0.25) is 0 Å². The summed E-state index contributed by atoms with van der Waals surface area (Å²) in [5, 5.41) is 14.5. The molecular weight excluding hydrogens is 220 g/mol. The number of nitrogens with two attached hydrogens (primary N) is 1. The zero-order valence-corrected chi connectivity index (χ0v) is 10.5. The summed E-state index contributed by atoms with van der Waals surface area (Å²) in [6, 6.07) is 0.168. The van der Waals surface area contributed by atoms with Crippen LogP contribution in [0.4, 0.5) is 0 Å². The molecule has 98 valence electrons. The van der Waals surface area contributed by atoms with E-state index in [4.69, 9.17) is 10.9 Å². The summed E-state index contributed by atoms with van der Waals surface area (Å²) in [7, 11) is 2.04. The Hall–Kier alpha value is -1.30. The normalized spacial score (nSPS) is 24.4. The van der Waals surface area contributed by atoms with Crippen molar-refractivity contribution in [2.75, 3.05) is 20.1 Å². The quantitative estimate of drug-likeness (QED) is 0.279. The molecule has 1 fully saturated rings. The Morgan fingerprint density at radius 1 is 1.71 bits per heavy atom. The highest BCUT2D eigenvalue weighted by atomic mass is 16.4. The van der Waals surface area contributed by atoms with Gasteiger partial charge in [0.15, 0.2) is 5.84 Å². The molecule has 1 aliphatic heterocycles. The van der Waals surface area contributed by atoms with Crippen LogP contribution in [0.25, 0.3) is 0 Å². The average molecular weight is 242 g/mol. The minimum Gasteiger partial charge on any atom is -0.409 e. The smallest absolute Gasteiger partial charge is 0.231 e. The second-order valence-electron chi connectivity index (χ2n) is 4.60. The van der Waals surface area contributed by atoms with Gasteiger partial charge in [-0.15, -0.1) is 0 Å². The number of nitrogens with zero attached hydrogens (tertiary/aromatic N) is 2. The number of carbonyl (C=O) groups excluding carboxylic acids is 1. The largest absolute Gasteiger partial charge is 0.409 e. The van der Waals surface area contributed by atoms with Gasteiger partial charge in [0.05, 0.1) is 5.92 Å². The van der Waals surface area contributed by atoms with Gasteiger partial charge in [0.1, 0.15) is 0 Å². The van der Waals surface area contributed by atoms with E-state index < -0.39 is 5.92 Å². The summed E-state index contributed by atoms with van der Waals surface area (Å²) >= 11 is 0. The fraction of sp³-hybridized carbons (Fsp3) is 0.818. The van der Waals surface area contributed by atoms with Crippen molar-refractivity contribution >= 4 is 11.7 Å². The Balaban J connectivity index is 2.52. The van der Waals surface area contributed by atoms with Crippen molar-refractivity contribution in [1.29, 1.82) is 0 Å². The van der Waals surface area contributed by atoms with Gasteiger partial charge in [0, 0.05) is 12.6 Å². The van der Waals surface area contributed by atoms with Crippen LogP contribution >= 0.6 is 0 Å². The highest BCUT2D eigenvalue weighted by Crippen LogP contribution is 2.10. The van der Waals surface area contributed by atoms with E-state index in [1.165, 1.54) is 0 Å². The molecule has 1 heterocycles. The van der Waals surface area contributed by atoms with Gasteiger partial charge in [0.2, 0.25) is 5.91 Å². The number of likely N-dealkylation sites (tertiary alicyclic amines) is 1. The summed E-state index contributed by atoms with van der Waals surface area (Å²) < 4.78 is 0. The molecule has 17 heavy (non-hydrogen) atoms. The molecule has 2 atom stereocenters. The minimum atomic E-state index is -0.535. The van der Waals surface area contributed by atoms with Gasteiger partial charge < -0.3 is 21.2 Å². The lowest BCUT2D eigenvalue weighted by Gasteiger charge is -2.31. The molecule has 0 radical (unpaired) electrons. The number of nitrogens with one attached hydrogen (secondary N) is 1. The molecule has 1 saturated heterocycles. The topological polar surface area (TPSA) is 91.0 Å². The second-order valence-corrected chi connectivity index (χ2v) is 4.60. The predicted octanol–water partition coefficient (Wildman–Crippen LogP) is -0.0306. The maximum absolute atomic E-state index is 11.9. The number of likely N-dealkylation sites (N-methyl/N-ethyl adjacent to an activating group) is 1. The van der Waals surface area contributed by atoms with Gasteiger partial charge in [-0.25, -0.2) is 0 Å².